The number of rotatable bonds is 3. The quantitative estimate of drug-likeness (QED) is 0.923. The number of hydrogen-bond donors (Lipinski definition) is 1. The van der Waals surface area contributed by atoms with Gasteiger partial charge in [0.2, 0.25) is 5.91 Å². The molecule has 0 saturated carbocycles. The molecule has 0 radical (unpaired) electrons. The van der Waals surface area contributed by atoms with Crippen LogP contribution in [0.4, 0.5) is 4.39 Å². The van der Waals surface area contributed by atoms with E-state index < -0.39 is 17.7 Å². The lowest BCUT2D eigenvalue weighted by atomic mass is 10.1. The summed E-state index contributed by atoms with van der Waals surface area (Å²) in [6.07, 6.45) is 0.296. The molecule has 1 N–H and O–H groups in total. The minimum Gasteiger partial charge on any atom is -0.481 e. The van der Waals surface area contributed by atoms with Gasteiger partial charge in [0.25, 0.3) is 0 Å². The number of nitrogens with zero attached hydrogens (tertiary/aromatic N) is 1. The second-order valence-electron chi connectivity index (χ2n) is 4.54. The summed E-state index contributed by atoms with van der Waals surface area (Å²) in [6.45, 7) is 0.572. The maximum absolute atomic E-state index is 13.6. The van der Waals surface area contributed by atoms with Gasteiger partial charge < -0.3 is 10.0 Å². The summed E-state index contributed by atoms with van der Waals surface area (Å²) in [5.41, 5.74) is 0.160. The number of carboxylic acids is 1. The minimum absolute atomic E-state index is 0.141. The maximum atomic E-state index is 13.6. The van der Waals surface area contributed by atoms with Crippen LogP contribution in [-0.2, 0) is 16.0 Å². The van der Waals surface area contributed by atoms with Crippen molar-refractivity contribution >= 4 is 23.5 Å². The Hall–Kier alpha value is -1.62. The third-order valence-corrected chi connectivity index (χ3v) is 3.63. The van der Waals surface area contributed by atoms with Gasteiger partial charge in [-0.25, -0.2) is 4.39 Å². The van der Waals surface area contributed by atoms with E-state index in [1.165, 1.54) is 23.1 Å². The summed E-state index contributed by atoms with van der Waals surface area (Å²) < 4.78 is 13.6. The number of aliphatic carboxylic acids is 1. The first-order chi connectivity index (χ1) is 8.99. The first-order valence-corrected chi connectivity index (χ1v) is 6.30. The van der Waals surface area contributed by atoms with Gasteiger partial charge in [-0.2, -0.15) is 0 Å². The van der Waals surface area contributed by atoms with Crippen molar-refractivity contribution in [1.29, 1.82) is 0 Å². The molecule has 6 heteroatoms. The zero-order valence-corrected chi connectivity index (χ0v) is 10.9. The highest BCUT2D eigenvalue weighted by Gasteiger charge is 2.31. The zero-order valence-electron chi connectivity index (χ0n) is 10.1. The highest BCUT2D eigenvalue weighted by Crippen LogP contribution is 2.22. The molecule has 1 aromatic rings. The van der Waals surface area contributed by atoms with Gasteiger partial charge in [0.15, 0.2) is 0 Å². The van der Waals surface area contributed by atoms with Crippen LogP contribution in [0, 0.1) is 11.7 Å². The Morgan fingerprint density at radius 2 is 2.21 bits per heavy atom. The monoisotopic (exact) mass is 285 g/mol. The standard InChI is InChI=1S/C13H13ClFNO3/c14-10-2-1-3-11(15)9(10)6-12(17)16-5-4-8(7-16)13(18)19/h1-3,8H,4-7H2,(H,18,19)/t8-/m1/s1. The Morgan fingerprint density at radius 1 is 1.47 bits per heavy atom. The molecule has 0 aliphatic carbocycles. The molecule has 0 spiro atoms. The summed E-state index contributed by atoms with van der Waals surface area (Å²) in [5, 5.41) is 9.08. The van der Waals surface area contributed by atoms with Gasteiger partial charge in [0.05, 0.1) is 12.3 Å². The Bertz CT molecular complexity index is 500. The van der Waals surface area contributed by atoms with E-state index in [0.717, 1.165) is 0 Å². The van der Waals surface area contributed by atoms with Crippen LogP contribution in [0.5, 0.6) is 0 Å². The molecule has 4 nitrogen and oxygen atoms in total. The predicted octanol–water partition coefficient (Wildman–Crippen LogP) is 1.95. The number of likely N-dealkylation sites (tertiary alicyclic amines) is 1. The third-order valence-electron chi connectivity index (χ3n) is 3.28. The highest BCUT2D eigenvalue weighted by atomic mass is 35.5. The van der Waals surface area contributed by atoms with E-state index in [1.807, 2.05) is 0 Å². The fourth-order valence-electron chi connectivity index (χ4n) is 2.15. The lowest BCUT2D eigenvalue weighted by Gasteiger charge is -2.16. The van der Waals surface area contributed by atoms with Gasteiger partial charge in [-0.1, -0.05) is 17.7 Å². The fourth-order valence-corrected chi connectivity index (χ4v) is 2.38. The molecule has 2 rings (SSSR count). The van der Waals surface area contributed by atoms with Crippen LogP contribution in [0.25, 0.3) is 0 Å². The smallest absolute Gasteiger partial charge is 0.308 e. The summed E-state index contributed by atoms with van der Waals surface area (Å²) in [4.78, 5) is 24.3. The number of carbonyl (C=O) groups excluding carboxylic acids is 1. The normalized spacial score (nSPS) is 18.6. The van der Waals surface area contributed by atoms with Crippen LogP contribution >= 0.6 is 11.6 Å². The summed E-state index contributed by atoms with van der Waals surface area (Å²) >= 11 is 5.85. The molecule has 0 unspecified atom stereocenters. The van der Waals surface area contributed by atoms with Crippen LogP contribution in [0.3, 0.4) is 0 Å². The summed E-state index contributed by atoms with van der Waals surface area (Å²) in [7, 11) is 0. The van der Waals surface area contributed by atoms with Crippen molar-refractivity contribution in [3.63, 3.8) is 0 Å². The van der Waals surface area contributed by atoms with E-state index >= 15 is 0 Å². The first kappa shape index (κ1) is 13.8. The molecule has 0 bridgehead atoms. The lowest BCUT2D eigenvalue weighted by Crippen LogP contribution is -2.31. The molecule has 1 amide bonds. The molecule has 1 aromatic carbocycles. The SMILES string of the molecule is O=C(O)[C@@H]1CCN(C(=O)Cc2c(F)cccc2Cl)C1. The van der Waals surface area contributed by atoms with Crippen LogP contribution in [0.2, 0.25) is 5.02 Å². The van der Waals surface area contributed by atoms with Crippen molar-refractivity contribution < 1.29 is 19.1 Å². The van der Waals surface area contributed by atoms with Crippen molar-refractivity contribution in [2.24, 2.45) is 5.92 Å². The van der Waals surface area contributed by atoms with Crippen LogP contribution in [0.1, 0.15) is 12.0 Å². The van der Waals surface area contributed by atoms with Crippen molar-refractivity contribution in [1.82, 2.24) is 4.90 Å². The Kier molecular flexibility index (Phi) is 4.04. The topological polar surface area (TPSA) is 57.6 Å². The van der Waals surface area contributed by atoms with E-state index in [4.69, 9.17) is 16.7 Å². The second-order valence-corrected chi connectivity index (χ2v) is 4.95. The Labute approximate surface area is 114 Å². The molecular formula is C13H13ClFNO3. The van der Waals surface area contributed by atoms with Crippen molar-refractivity contribution in [2.45, 2.75) is 12.8 Å². The van der Waals surface area contributed by atoms with Gasteiger partial charge in [-0.15, -0.1) is 0 Å². The number of halogens is 2. The van der Waals surface area contributed by atoms with Crippen molar-refractivity contribution in [2.75, 3.05) is 13.1 Å². The molecule has 1 fully saturated rings. The average molecular weight is 286 g/mol. The second kappa shape index (κ2) is 5.57. The van der Waals surface area contributed by atoms with E-state index in [1.54, 1.807) is 0 Å². The van der Waals surface area contributed by atoms with E-state index in [0.29, 0.717) is 13.0 Å². The minimum atomic E-state index is -0.903. The number of carboxylic acid groups (broad SMARTS) is 1. The van der Waals surface area contributed by atoms with Crippen LogP contribution < -0.4 is 0 Å². The molecule has 1 saturated heterocycles. The lowest BCUT2D eigenvalue weighted by molar-refractivity contribution is -0.141. The molecular weight excluding hydrogens is 273 g/mol. The van der Waals surface area contributed by atoms with Gasteiger partial charge >= 0.3 is 5.97 Å². The number of benzene rings is 1. The molecule has 0 aromatic heterocycles. The highest BCUT2D eigenvalue weighted by molar-refractivity contribution is 6.31. The average Bonchev–Trinajstić information content (AvgIpc) is 2.83. The summed E-state index contributed by atoms with van der Waals surface area (Å²) in [6, 6.07) is 4.25. The van der Waals surface area contributed by atoms with Gasteiger partial charge in [0.1, 0.15) is 5.82 Å². The van der Waals surface area contributed by atoms with E-state index in [2.05, 4.69) is 0 Å². The van der Waals surface area contributed by atoms with E-state index in [9.17, 15) is 14.0 Å². The van der Waals surface area contributed by atoms with E-state index in [-0.39, 0.29) is 29.5 Å². The molecule has 1 heterocycles. The van der Waals surface area contributed by atoms with Gasteiger partial charge in [-0.3, -0.25) is 9.59 Å². The molecule has 1 aliphatic heterocycles. The first-order valence-electron chi connectivity index (χ1n) is 5.92. The van der Waals surface area contributed by atoms with Crippen LogP contribution in [-0.4, -0.2) is 35.0 Å². The summed E-state index contributed by atoms with van der Waals surface area (Å²) in [5.74, 6) is -2.25. The zero-order chi connectivity index (χ0) is 14.0. The molecule has 102 valence electrons. The van der Waals surface area contributed by atoms with Crippen molar-refractivity contribution in [3.05, 3.63) is 34.6 Å². The molecule has 1 atom stereocenters. The number of amides is 1. The third kappa shape index (κ3) is 3.04. The van der Waals surface area contributed by atoms with Gasteiger partial charge in [0, 0.05) is 23.7 Å². The molecule has 19 heavy (non-hydrogen) atoms. The van der Waals surface area contributed by atoms with Crippen molar-refractivity contribution in [3.8, 4) is 0 Å². The van der Waals surface area contributed by atoms with Crippen LogP contribution in [0.15, 0.2) is 18.2 Å². The molecule has 1 aliphatic rings. The number of carbonyl (C=O) groups is 2. The number of hydrogen-bond acceptors (Lipinski definition) is 2. The largest absolute Gasteiger partial charge is 0.481 e. The predicted molar refractivity (Wildman–Crippen MR) is 67.4 cm³/mol. The Morgan fingerprint density at radius 3 is 2.79 bits per heavy atom. The van der Waals surface area contributed by atoms with Gasteiger partial charge in [-0.05, 0) is 18.6 Å². The Balaban J connectivity index is 2.04. The fraction of sp³-hybridized carbons (Fsp3) is 0.385. The maximum Gasteiger partial charge on any atom is 0.308 e.